The van der Waals surface area contributed by atoms with Gasteiger partial charge in [-0.25, -0.2) is 0 Å². The van der Waals surface area contributed by atoms with E-state index >= 15 is 0 Å². The number of hydrogen-bond acceptors (Lipinski definition) is 6. The Morgan fingerprint density at radius 2 is 1.00 bits per heavy atom. The van der Waals surface area contributed by atoms with Crippen LogP contribution in [-0.4, -0.2) is 15.2 Å². The van der Waals surface area contributed by atoms with Crippen LogP contribution in [0, 0.1) is 0 Å². The van der Waals surface area contributed by atoms with Crippen LogP contribution in [0.5, 0.6) is 11.5 Å². The van der Waals surface area contributed by atoms with Crippen molar-refractivity contribution in [2.45, 2.75) is 0 Å². The van der Waals surface area contributed by atoms with E-state index in [0.717, 1.165) is 0 Å². The largest absolute Gasteiger partial charge is 0.506 e. The summed E-state index contributed by atoms with van der Waals surface area (Å²) in [5, 5.41) is 21.1. The summed E-state index contributed by atoms with van der Waals surface area (Å²) < 4.78 is 0. The van der Waals surface area contributed by atoms with Crippen molar-refractivity contribution in [3.8, 4) is 11.5 Å². The number of phenols is 2. The Morgan fingerprint density at radius 3 is 1.41 bits per heavy atom. The Balaban J connectivity index is 2.20. The fourth-order valence-corrected chi connectivity index (χ4v) is 3.70. The Morgan fingerprint density at radius 1 is 0.593 bits per heavy atom. The summed E-state index contributed by atoms with van der Waals surface area (Å²) in [6.07, 6.45) is 0. The van der Waals surface area contributed by atoms with Crippen molar-refractivity contribution in [2.24, 2.45) is 0 Å². The van der Waals surface area contributed by atoms with Crippen LogP contribution in [0.4, 0.5) is 0 Å². The molecule has 0 aliphatic rings. The maximum Gasteiger partial charge on any atom is 0.258 e. The molecule has 1 heterocycles. The van der Waals surface area contributed by atoms with Crippen LogP contribution in [0.15, 0.2) is 55.6 Å². The zero-order valence-corrected chi connectivity index (χ0v) is 13.5. The fourth-order valence-electron chi connectivity index (χ4n) is 3.70. The van der Waals surface area contributed by atoms with Crippen LogP contribution in [0.25, 0.3) is 43.1 Å². The molecule has 0 saturated heterocycles. The molecule has 0 aliphatic heterocycles. The first-order valence-electron chi connectivity index (χ1n) is 8.00. The molecule has 0 saturated carbocycles. The lowest BCUT2D eigenvalue weighted by Crippen LogP contribution is -2.13. The van der Waals surface area contributed by atoms with Gasteiger partial charge in [0.25, 0.3) is 11.1 Å². The number of rotatable bonds is 0. The van der Waals surface area contributed by atoms with Crippen LogP contribution >= 0.6 is 0 Å². The third-order valence-corrected chi connectivity index (χ3v) is 4.98. The highest BCUT2D eigenvalue weighted by Crippen LogP contribution is 2.40. The van der Waals surface area contributed by atoms with Gasteiger partial charge in [0.1, 0.15) is 11.5 Å². The summed E-state index contributed by atoms with van der Waals surface area (Å²) in [5.41, 5.74) is -2.48. The number of benzene rings is 4. The lowest BCUT2D eigenvalue weighted by molar-refractivity contribution is 0.478. The predicted octanol–water partition coefficient (Wildman–Crippen LogP) is 1.36. The lowest BCUT2D eigenvalue weighted by atomic mass is 9.95. The summed E-state index contributed by atoms with van der Waals surface area (Å²) in [4.78, 5) is 51.6. The smallest absolute Gasteiger partial charge is 0.258 e. The monoisotopic (exact) mass is 359 g/mol. The van der Waals surface area contributed by atoms with Crippen LogP contribution < -0.4 is 22.0 Å². The number of H-pyrrole nitrogens is 1. The van der Waals surface area contributed by atoms with Gasteiger partial charge < -0.3 is 10.2 Å². The molecular formula is C20H9NO6. The van der Waals surface area contributed by atoms with E-state index in [9.17, 15) is 29.4 Å². The number of aromatic hydroxyl groups is 2. The molecule has 0 spiro atoms. The second kappa shape index (κ2) is 4.79. The van der Waals surface area contributed by atoms with E-state index in [1.807, 2.05) is 0 Å². The third kappa shape index (κ3) is 1.75. The molecule has 0 unspecified atom stereocenters. The Kier molecular flexibility index (Phi) is 2.71. The van der Waals surface area contributed by atoms with E-state index in [1.165, 1.54) is 24.3 Å². The molecule has 130 valence electrons. The molecule has 0 amide bonds. The SMILES string of the molecule is O=c1[nH]c(=O)c2cc3c(O)c4c(=O)c5ccccc5c(=O)c4c(O)c3cc12. The minimum Gasteiger partial charge on any atom is -0.506 e. The zero-order valence-electron chi connectivity index (χ0n) is 13.5. The zero-order chi connectivity index (χ0) is 19.0. The van der Waals surface area contributed by atoms with Crippen molar-refractivity contribution in [1.82, 2.24) is 4.98 Å². The minimum absolute atomic E-state index is 0.00961. The van der Waals surface area contributed by atoms with Crippen molar-refractivity contribution in [3.05, 3.63) is 77.6 Å². The third-order valence-electron chi connectivity index (χ3n) is 4.98. The maximum absolute atomic E-state index is 12.9. The highest BCUT2D eigenvalue weighted by atomic mass is 16.3. The molecule has 0 atom stereocenters. The molecule has 5 aromatic rings. The standard InChI is InChI=1S/C20H9NO6/c22-15-7-3-1-2-4-8(7)16(23)14-13(15)17(24)9-5-11-12(6-10(9)18(14)25)20(27)21-19(11)26/h1-6,24-25H,(H,21,26,27). The number of hydrogen-bond donors (Lipinski definition) is 3. The second-order valence-corrected chi connectivity index (χ2v) is 6.38. The minimum atomic E-state index is -0.638. The number of nitrogens with one attached hydrogen (secondary N) is 1. The van der Waals surface area contributed by atoms with E-state index < -0.39 is 33.5 Å². The van der Waals surface area contributed by atoms with E-state index in [4.69, 9.17) is 0 Å². The normalized spacial score (nSPS) is 11.9. The van der Waals surface area contributed by atoms with Gasteiger partial charge >= 0.3 is 0 Å². The highest BCUT2D eigenvalue weighted by molar-refractivity contribution is 6.16. The van der Waals surface area contributed by atoms with Crippen LogP contribution in [0.3, 0.4) is 0 Å². The number of aromatic amines is 1. The number of fused-ring (bicyclic) bond motifs is 4. The van der Waals surface area contributed by atoms with Crippen molar-refractivity contribution in [2.75, 3.05) is 0 Å². The summed E-state index contributed by atoms with van der Waals surface area (Å²) >= 11 is 0. The van der Waals surface area contributed by atoms with Gasteiger partial charge in [-0.05, 0) is 12.1 Å². The summed E-state index contributed by atoms with van der Waals surface area (Å²) in [6.45, 7) is 0. The summed E-state index contributed by atoms with van der Waals surface area (Å²) in [5.74, 6) is -1.03. The van der Waals surface area contributed by atoms with Gasteiger partial charge in [0, 0.05) is 21.5 Å². The van der Waals surface area contributed by atoms with Gasteiger partial charge in [-0.3, -0.25) is 24.2 Å². The molecule has 5 rings (SSSR count). The molecule has 1 aromatic heterocycles. The molecule has 4 aromatic carbocycles. The second-order valence-electron chi connectivity index (χ2n) is 6.38. The van der Waals surface area contributed by atoms with Gasteiger partial charge in [0.2, 0.25) is 0 Å². The van der Waals surface area contributed by atoms with E-state index in [1.54, 1.807) is 12.1 Å². The fraction of sp³-hybridized carbons (Fsp3) is 0. The molecule has 27 heavy (non-hydrogen) atoms. The highest BCUT2D eigenvalue weighted by Gasteiger charge is 2.22. The van der Waals surface area contributed by atoms with Crippen molar-refractivity contribution < 1.29 is 10.2 Å². The molecule has 0 aliphatic carbocycles. The van der Waals surface area contributed by atoms with Crippen LogP contribution in [0.2, 0.25) is 0 Å². The molecule has 7 nitrogen and oxygen atoms in total. The molecule has 7 heteroatoms. The van der Waals surface area contributed by atoms with Gasteiger partial charge in [-0.2, -0.15) is 0 Å². The lowest BCUT2D eigenvalue weighted by Gasteiger charge is -2.10. The topological polar surface area (TPSA) is 125 Å². The van der Waals surface area contributed by atoms with Gasteiger partial charge in [0.15, 0.2) is 10.9 Å². The van der Waals surface area contributed by atoms with Crippen molar-refractivity contribution in [1.29, 1.82) is 0 Å². The molecule has 3 N–H and O–H groups in total. The number of aromatic nitrogens is 1. The van der Waals surface area contributed by atoms with Crippen molar-refractivity contribution >= 4 is 43.1 Å². The van der Waals surface area contributed by atoms with E-state index in [2.05, 4.69) is 4.98 Å². The first-order valence-corrected chi connectivity index (χ1v) is 8.00. The van der Waals surface area contributed by atoms with E-state index in [-0.39, 0.29) is 43.1 Å². The van der Waals surface area contributed by atoms with Gasteiger partial charge in [-0.15, -0.1) is 0 Å². The Labute approximate surface area is 148 Å². The molecule has 0 fully saturated rings. The number of phenolic OH excluding ortho intramolecular Hbond substituents is 2. The van der Waals surface area contributed by atoms with Crippen LogP contribution in [0.1, 0.15) is 0 Å². The summed E-state index contributed by atoms with van der Waals surface area (Å²) in [6, 6.07) is 8.59. The summed E-state index contributed by atoms with van der Waals surface area (Å²) in [7, 11) is 0. The predicted molar refractivity (Wildman–Crippen MR) is 102 cm³/mol. The van der Waals surface area contributed by atoms with Crippen molar-refractivity contribution in [3.63, 3.8) is 0 Å². The average molecular weight is 359 g/mol. The Hall–Kier alpha value is -4.00. The first-order chi connectivity index (χ1) is 12.9. The van der Waals surface area contributed by atoms with Gasteiger partial charge in [-0.1, -0.05) is 24.3 Å². The maximum atomic E-state index is 12.9. The molecule has 0 radical (unpaired) electrons. The molecular weight excluding hydrogens is 350 g/mol. The first kappa shape index (κ1) is 15.3. The average Bonchev–Trinajstić information content (AvgIpc) is 2.95. The van der Waals surface area contributed by atoms with E-state index in [0.29, 0.717) is 0 Å². The van der Waals surface area contributed by atoms with Crippen LogP contribution in [-0.2, 0) is 0 Å². The molecule has 0 bridgehead atoms. The quantitative estimate of drug-likeness (QED) is 0.283. The van der Waals surface area contributed by atoms with Gasteiger partial charge in [0.05, 0.1) is 21.5 Å². The Bertz CT molecular complexity index is 1550.